The maximum atomic E-state index is 11.9. The molecule has 0 aromatic heterocycles. The second-order valence-electron chi connectivity index (χ2n) is 5.36. The van der Waals surface area contributed by atoms with Crippen LogP contribution in [0.15, 0.2) is 53.0 Å². The topological polar surface area (TPSA) is 79.5 Å². The van der Waals surface area contributed by atoms with Gasteiger partial charge >= 0.3 is 0 Å². The molecule has 0 saturated carbocycles. The van der Waals surface area contributed by atoms with Crippen molar-refractivity contribution in [2.45, 2.75) is 13.0 Å². The lowest BCUT2D eigenvalue weighted by molar-refractivity contribution is -0.121. The minimum atomic E-state index is -0.360. The SMILES string of the molecule is COc1ccc([C@H](C)NCC(=O)NNC(=O)c2ccccc2)cc1Br. The van der Waals surface area contributed by atoms with Crippen molar-refractivity contribution in [3.05, 3.63) is 64.1 Å². The normalized spacial score (nSPS) is 11.5. The van der Waals surface area contributed by atoms with Gasteiger partial charge in [0.05, 0.1) is 18.1 Å². The van der Waals surface area contributed by atoms with Crippen molar-refractivity contribution in [2.24, 2.45) is 0 Å². The van der Waals surface area contributed by atoms with Gasteiger partial charge in [-0.3, -0.25) is 20.4 Å². The van der Waals surface area contributed by atoms with Crippen LogP contribution in [0.4, 0.5) is 0 Å². The zero-order valence-corrected chi connectivity index (χ0v) is 15.6. The van der Waals surface area contributed by atoms with Crippen LogP contribution < -0.4 is 20.9 Å². The molecule has 0 aliphatic carbocycles. The average Bonchev–Trinajstić information content (AvgIpc) is 2.64. The van der Waals surface area contributed by atoms with Gasteiger partial charge in [0.1, 0.15) is 5.75 Å². The van der Waals surface area contributed by atoms with Gasteiger partial charge in [0.25, 0.3) is 11.8 Å². The Morgan fingerprint density at radius 2 is 1.84 bits per heavy atom. The Labute approximate surface area is 155 Å². The molecule has 0 heterocycles. The molecule has 7 heteroatoms. The highest BCUT2D eigenvalue weighted by Crippen LogP contribution is 2.27. The van der Waals surface area contributed by atoms with Crippen LogP contribution in [0.25, 0.3) is 0 Å². The highest BCUT2D eigenvalue weighted by Gasteiger charge is 2.11. The van der Waals surface area contributed by atoms with Gasteiger partial charge in [-0.05, 0) is 52.7 Å². The van der Waals surface area contributed by atoms with Crippen LogP contribution in [0, 0.1) is 0 Å². The molecule has 0 aliphatic rings. The molecule has 6 nitrogen and oxygen atoms in total. The third kappa shape index (κ3) is 5.58. The molecule has 1 atom stereocenters. The third-order valence-electron chi connectivity index (χ3n) is 3.60. The number of nitrogens with one attached hydrogen (secondary N) is 3. The largest absolute Gasteiger partial charge is 0.496 e. The minimum absolute atomic E-state index is 0.0437. The van der Waals surface area contributed by atoms with Crippen LogP contribution in [0.1, 0.15) is 28.9 Å². The lowest BCUT2D eigenvalue weighted by atomic mass is 10.1. The predicted molar refractivity (Wildman–Crippen MR) is 99.2 cm³/mol. The van der Waals surface area contributed by atoms with E-state index < -0.39 is 0 Å². The Kier molecular flexibility index (Phi) is 6.97. The molecular formula is C18H20BrN3O3. The summed E-state index contributed by atoms with van der Waals surface area (Å²) in [5.74, 6) is 0.0575. The van der Waals surface area contributed by atoms with Gasteiger partial charge in [-0.2, -0.15) is 0 Å². The van der Waals surface area contributed by atoms with E-state index in [4.69, 9.17) is 4.74 Å². The van der Waals surface area contributed by atoms with Crippen molar-refractivity contribution in [3.8, 4) is 5.75 Å². The molecule has 0 fully saturated rings. The summed E-state index contributed by atoms with van der Waals surface area (Å²) in [5.41, 5.74) is 6.26. The zero-order chi connectivity index (χ0) is 18.2. The van der Waals surface area contributed by atoms with E-state index in [1.54, 1.807) is 31.4 Å². The number of carbonyl (C=O) groups excluding carboxylic acids is 2. The van der Waals surface area contributed by atoms with E-state index in [9.17, 15) is 9.59 Å². The molecule has 2 aromatic rings. The molecule has 0 saturated heterocycles. The second-order valence-corrected chi connectivity index (χ2v) is 6.22. The molecule has 25 heavy (non-hydrogen) atoms. The van der Waals surface area contributed by atoms with Gasteiger partial charge in [-0.25, -0.2) is 0 Å². The van der Waals surface area contributed by atoms with E-state index in [-0.39, 0.29) is 24.4 Å². The van der Waals surface area contributed by atoms with Crippen LogP contribution >= 0.6 is 15.9 Å². The van der Waals surface area contributed by atoms with Gasteiger partial charge in [-0.1, -0.05) is 24.3 Å². The monoisotopic (exact) mass is 405 g/mol. The standard InChI is InChI=1S/C18H20BrN3O3/c1-12(14-8-9-16(25-2)15(19)10-14)20-11-17(23)21-22-18(24)13-6-4-3-5-7-13/h3-10,12,20H,11H2,1-2H3,(H,21,23)(H,22,24)/t12-/m0/s1. The van der Waals surface area contributed by atoms with Crippen molar-refractivity contribution < 1.29 is 14.3 Å². The number of hydrogen-bond donors (Lipinski definition) is 3. The molecule has 132 valence electrons. The third-order valence-corrected chi connectivity index (χ3v) is 4.22. The van der Waals surface area contributed by atoms with Crippen molar-refractivity contribution in [2.75, 3.05) is 13.7 Å². The van der Waals surface area contributed by atoms with Gasteiger partial charge in [0.2, 0.25) is 0 Å². The van der Waals surface area contributed by atoms with E-state index in [1.807, 2.05) is 31.2 Å². The first-order chi connectivity index (χ1) is 12.0. The first-order valence-electron chi connectivity index (χ1n) is 7.72. The number of amides is 2. The highest BCUT2D eigenvalue weighted by molar-refractivity contribution is 9.10. The van der Waals surface area contributed by atoms with E-state index in [0.29, 0.717) is 5.56 Å². The summed E-state index contributed by atoms with van der Waals surface area (Å²) in [6.07, 6.45) is 0. The number of ether oxygens (including phenoxy) is 1. The number of hydrazine groups is 1. The number of hydrogen-bond acceptors (Lipinski definition) is 4. The van der Waals surface area contributed by atoms with Crippen molar-refractivity contribution in [3.63, 3.8) is 0 Å². The molecule has 2 aromatic carbocycles. The summed E-state index contributed by atoms with van der Waals surface area (Å²) in [4.78, 5) is 23.7. The minimum Gasteiger partial charge on any atom is -0.496 e. The van der Waals surface area contributed by atoms with E-state index in [0.717, 1.165) is 15.8 Å². The Bertz CT molecular complexity index is 738. The highest BCUT2D eigenvalue weighted by atomic mass is 79.9. The Morgan fingerprint density at radius 3 is 2.48 bits per heavy atom. The smallest absolute Gasteiger partial charge is 0.269 e. The molecule has 0 aliphatic heterocycles. The zero-order valence-electron chi connectivity index (χ0n) is 14.0. The lowest BCUT2D eigenvalue weighted by Gasteiger charge is -2.15. The van der Waals surface area contributed by atoms with Crippen LogP contribution in [0.5, 0.6) is 5.75 Å². The fourth-order valence-electron chi connectivity index (χ4n) is 2.15. The van der Waals surface area contributed by atoms with Gasteiger partial charge in [-0.15, -0.1) is 0 Å². The predicted octanol–water partition coefficient (Wildman–Crippen LogP) is 2.57. The molecule has 3 N–H and O–H groups in total. The Hall–Kier alpha value is -2.38. The quantitative estimate of drug-likeness (QED) is 0.645. The molecule has 0 unspecified atom stereocenters. The summed E-state index contributed by atoms with van der Waals surface area (Å²) >= 11 is 3.44. The molecular weight excluding hydrogens is 386 g/mol. The van der Waals surface area contributed by atoms with E-state index in [1.165, 1.54) is 0 Å². The van der Waals surface area contributed by atoms with Gasteiger partial charge < -0.3 is 10.1 Å². The average molecular weight is 406 g/mol. The van der Waals surface area contributed by atoms with Gasteiger partial charge in [0, 0.05) is 11.6 Å². The second kappa shape index (κ2) is 9.19. The van der Waals surface area contributed by atoms with Crippen molar-refractivity contribution in [1.29, 1.82) is 0 Å². The number of rotatable bonds is 6. The number of halogens is 1. The van der Waals surface area contributed by atoms with Crippen molar-refractivity contribution >= 4 is 27.7 Å². The summed E-state index contributed by atoms with van der Waals surface area (Å²) < 4.78 is 6.05. The number of methoxy groups -OCH3 is 1. The van der Waals surface area contributed by atoms with Gasteiger partial charge in [0.15, 0.2) is 0 Å². The van der Waals surface area contributed by atoms with Crippen molar-refractivity contribution in [1.82, 2.24) is 16.2 Å². The van der Waals surface area contributed by atoms with Crippen LogP contribution in [-0.2, 0) is 4.79 Å². The van der Waals surface area contributed by atoms with Crippen LogP contribution in [-0.4, -0.2) is 25.5 Å². The fraction of sp³-hybridized carbons (Fsp3) is 0.222. The summed E-state index contributed by atoms with van der Waals surface area (Å²) in [5, 5.41) is 3.10. The molecule has 0 spiro atoms. The fourth-order valence-corrected chi connectivity index (χ4v) is 2.71. The van der Waals surface area contributed by atoms with Crippen LogP contribution in [0.2, 0.25) is 0 Å². The lowest BCUT2D eigenvalue weighted by Crippen LogP contribution is -2.45. The maximum Gasteiger partial charge on any atom is 0.269 e. The molecule has 2 amide bonds. The molecule has 2 rings (SSSR count). The van der Waals surface area contributed by atoms with E-state index >= 15 is 0 Å². The Balaban J connectivity index is 1.79. The molecule has 0 radical (unpaired) electrons. The van der Waals surface area contributed by atoms with Crippen LogP contribution in [0.3, 0.4) is 0 Å². The first kappa shape index (κ1) is 19.0. The Morgan fingerprint density at radius 1 is 1.12 bits per heavy atom. The first-order valence-corrected chi connectivity index (χ1v) is 8.51. The summed E-state index contributed by atoms with van der Waals surface area (Å²) in [7, 11) is 1.61. The maximum absolute atomic E-state index is 11.9. The summed E-state index contributed by atoms with van der Waals surface area (Å²) in [6, 6.07) is 14.3. The number of carbonyl (C=O) groups is 2. The summed E-state index contributed by atoms with van der Waals surface area (Å²) in [6.45, 7) is 2.02. The van der Waals surface area contributed by atoms with E-state index in [2.05, 4.69) is 32.1 Å². The molecule has 0 bridgehead atoms. The number of benzene rings is 2.